The van der Waals surface area contributed by atoms with E-state index >= 15 is 0 Å². The summed E-state index contributed by atoms with van der Waals surface area (Å²) in [6.45, 7) is 6.41. The predicted molar refractivity (Wildman–Crippen MR) is 71.1 cm³/mol. The zero-order valence-corrected chi connectivity index (χ0v) is 12.3. The molecule has 2 aliphatic heterocycles. The van der Waals surface area contributed by atoms with Gasteiger partial charge in [-0.25, -0.2) is 0 Å². The quantitative estimate of drug-likeness (QED) is 0.702. The number of alkyl halides is 3. The summed E-state index contributed by atoms with van der Waals surface area (Å²) >= 11 is 0. The number of nitrogens with zero attached hydrogens (tertiary/aromatic N) is 1. The van der Waals surface area contributed by atoms with Crippen LogP contribution in [0, 0.1) is 5.41 Å². The molecule has 2 heterocycles. The molecule has 1 amide bonds. The molecule has 2 bridgehead atoms. The molecule has 2 rings (SSSR count). The fourth-order valence-electron chi connectivity index (χ4n) is 3.15. The Bertz CT molecular complexity index is 420. The number of carbonyl (C=O) groups is 1. The van der Waals surface area contributed by atoms with Crippen LogP contribution < -0.4 is 0 Å². The van der Waals surface area contributed by atoms with Crippen molar-refractivity contribution < 1.29 is 18.0 Å². The summed E-state index contributed by atoms with van der Waals surface area (Å²) in [5.74, 6) is -0.348. The third kappa shape index (κ3) is 3.36. The van der Waals surface area contributed by atoms with E-state index in [9.17, 15) is 18.0 Å². The smallest absolute Gasteiger partial charge is 0.333 e. The van der Waals surface area contributed by atoms with E-state index in [1.165, 1.54) is 5.57 Å². The molecular formula is C15H22F3NO. The van der Waals surface area contributed by atoms with Gasteiger partial charge in [-0.15, -0.1) is 0 Å². The number of fused-ring (bicyclic) bond motifs is 2. The third-order valence-electron chi connectivity index (χ3n) is 4.27. The van der Waals surface area contributed by atoms with Gasteiger partial charge in [0.05, 0.1) is 12.5 Å². The average Bonchev–Trinajstić information content (AvgIpc) is 2.54. The Kier molecular flexibility index (Phi) is 3.91. The van der Waals surface area contributed by atoms with Crippen LogP contribution in [0.25, 0.3) is 0 Å². The summed E-state index contributed by atoms with van der Waals surface area (Å²) in [7, 11) is 0. The highest BCUT2D eigenvalue weighted by molar-refractivity contribution is 5.78. The van der Waals surface area contributed by atoms with Crippen molar-refractivity contribution in [2.45, 2.75) is 71.1 Å². The lowest BCUT2D eigenvalue weighted by molar-refractivity contribution is -0.150. The Balaban J connectivity index is 2.05. The van der Waals surface area contributed by atoms with E-state index in [1.54, 1.807) is 4.90 Å². The third-order valence-corrected chi connectivity index (χ3v) is 4.27. The second-order valence-corrected chi connectivity index (χ2v) is 6.86. The maximum Gasteiger partial charge on any atom is 0.389 e. The Morgan fingerprint density at radius 3 is 2.45 bits per heavy atom. The van der Waals surface area contributed by atoms with Crippen LogP contribution in [0.15, 0.2) is 11.6 Å². The van der Waals surface area contributed by atoms with Crippen molar-refractivity contribution >= 4 is 5.91 Å². The van der Waals surface area contributed by atoms with Crippen LogP contribution in [0.1, 0.15) is 52.9 Å². The number of hydrogen-bond donors (Lipinski definition) is 0. The summed E-state index contributed by atoms with van der Waals surface area (Å²) in [5, 5.41) is 0. The highest BCUT2D eigenvalue weighted by Crippen LogP contribution is 2.41. The fourth-order valence-corrected chi connectivity index (χ4v) is 3.15. The number of carbonyl (C=O) groups excluding carboxylic acids is 1. The van der Waals surface area contributed by atoms with Crippen molar-refractivity contribution in [1.29, 1.82) is 0 Å². The minimum atomic E-state index is -4.25. The average molecular weight is 289 g/mol. The molecule has 2 unspecified atom stereocenters. The highest BCUT2D eigenvalue weighted by Gasteiger charge is 2.41. The van der Waals surface area contributed by atoms with Gasteiger partial charge in [0.25, 0.3) is 0 Å². The topological polar surface area (TPSA) is 20.3 Å². The van der Waals surface area contributed by atoms with Gasteiger partial charge in [0.1, 0.15) is 0 Å². The van der Waals surface area contributed by atoms with E-state index in [0.29, 0.717) is 0 Å². The number of rotatable bonds is 2. The van der Waals surface area contributed by atoms with Crippen molar-refractivity contribution in [2.24, 2.45) is 5.41 Å². The van der Waals surface area contributed by atoms with Crippen LogP contribution in [0.5, 0.6) is 0 Å². The lowest BCUT2D eigenvalue weighted by atomic mass is 9.80. The van der Waals surface area contributed by atoms with Crippen LogP contribution in [0.4, 0.5) is 13.2 Å². The van der Waals surface area contributed by atoms with Gasteiger partial charge < -0.3 is 4.90 Å². The molecule has 114 valence electrons. The molecule has 2 aliphatic rings. The summed E-state index contributed by atoms with van der Waals surface area (Å²) in [4.78, 5) is 13.8. The maximum absolute atomic E-state index is 12.2. The molecule has 0 saturated carbocycles. The minimum absolute atomic E-state index is 0.00343. The number of halogens is 3. The first-order valence-electron chi connectivity index (χ1n) is 7.17. The molecule has 0 N–H and O–H groups in total. The van der Waals surface area contributed by atoms with Crippen LogP contribution in [-0.2, 0) is 4.79 Å². The summed E-state index contributed by atoms with van der Waals surface area (Å²) in [5.41, 5.74) is 1.40. The molecule has 20 heavy (non-hydrogen) atoms. The monoisotopic (exact) mass is 289 g/mol. The predicted octanol–water partition coefficient (Wildman–Crippen LogP) is 4.06. The van der Waals surface area contributed by atoms with Crippen molar-refractivity contribution in [2.75, 3.05) is 0 Å². The lowest BCUT2D eigenvalue weighted by Gasteiger charge is -2.38. The SMILES string of the molecule is CC(C)(C)C1=CC2CCC(C1)N2C(=O)CCC(F)(F)F. The second kappa shape index (κ2) is 5.08. The summed E-state index contributed by atoms with van der Waals surface area (Å²) in [6, 6.07) is 0.101. The molecule has 0 aromatic heterocycles. The maximum atomic E-state index is 12.2. The molecular weight excluding hydrogens is 267 g/mol. The largest absolute Gasteiger partial charge is 0.389 e. The van der Waals surface area contributed by atoms with Gasteiger partial charge in [-0.05, 0) is 24.7 Å². The Morgan fingerprint density at radius 1 is 1.30 bits per heavy atom. The Hall–Kier alpha value is -1.00. The molecule has 0 aromatic carbocycles. The summed E-state index contributed by atoms with van der Waals surface area (Å²) < 4.78 is 36.7. The van der Waals surface area contributed by atoms with Gasteiger partial charge >= 0.3 is 6.18 Å². The van der Waals surface area contributed by atoms with E-state index in [4.69, 9.17) is 0 Å². The van der Waals surface area contributed by atoms with Gasteiger partial charge in [0.2, 0.25) is 5.91 Å². The highest BCUT2D eigenvalue weighted by atomic mass is 19.4. The number of amides is 1. The number of hydrogen-bond acceptors (Lipinski definition) is 1. The van der Waals surface area contributed by atoms with Crippen LogP contribution in [-0.4, -0.2) is 29.1 Å². The zero-order chi connectivity index (χ0) is 15.1. The standard InChI is InChI=1S/C15H22F3NO/c1-14(2,3)10-8-11-4-5-12(9-10)19(11)13(20)6-7-15(16,17)18/h8,11-12H,4-7,9H2,1-3H3. The van der Waals surface area contributed by atoms with Crippen LogP contribution >= 0.6 is 0 Å². The first-order chi connectivity index (χ1) is 9.08. The molecule has 5 heteroatoms. The molecule has 1 saturated heterocycles. The molecule has 0 aliphatic carbocycles. The van der Waals surface area contributed by atoms with Crippen LogP contribution in [0.3, 0.4) is 0 Å². The first-order valence-corrected chi connectivity index (χ1v) is 7.17. The van der Waals surface area contributed by atoms with E-state index in [-0.39, 0.29) is 23.4 Å². The molecule has 2 nitrogen and oxygen atoms in total. The van der Waals surface area contributed by atoms with E-state index in [1.807, 2.05) is 0 Å². The van der Waals surface area contributed by atoms with E-state index in [0.717, 1.165) is 19.3 Å². The zero-order valence-electron chi connectivity index (χ0n) is 12.3. The minimum Gasteiger partial charge on any atom is -0.333 e. The molecule has 1 fully saturated rings. The van der Waals surface area contributed by atoms with Gasteiger partial charge in [0.15, 0.2) is 0 Å². The Labute approximate surface area is 118 Å². The molecule has 2 atom stereocenters. The fraction of sp³-hybridized carbons (Fsp3) is 0.800. The van der Waals surface area contributed by atoms with Gasteiger partial charge in [0, 0.05) is 12.5 Å². The van der Waals surface area contributed by atoms with Crippen molar-refractivity contribution in [3.05, 3.63) is 11.6 Å². The van der Waals surface area contributed by atoms with E-state index < -0.39 is 19.0 Å². The molecule has 0 spiro atoms. The second-order valence-electron chi connectivity index (χ2n) is 6.86. The lowest BCUT2D eigenvalue weighted by Crippen LogP contribution is -2.44. The molecule has 0 radical (unpaired) electrons. The van der Waals surface area contributed by atoms with Gasteiger partial charge in [-0.3, -0.25) is 4.79 Å². The van der Waals surface area contributed by atoms with E-state index in [2.05, 4.69) is 26.8 Å². The first kappa shape index (κ1) is 15.4. The normalized spacial score (nSPS) is 26.7. The van der Waals surface area contributed by atoms with Crippen molar-refractivity contribution in [3.63, 3.8) is 0 Å². The van der Waals surface area contributed by atoms with Crippen molar-refractivity contribution in [3.8, 4) is 0 Å². The molecule has 0 aromatic rings. The van der Waals surface area contributed by atoms with Gasteiger partial charge in [-0.2, -0.15) is 13.2 Å². The van der Waals surface area contributed by atoms with Gasteiger partial charge in [-0.1, -0.05) is 32.4 Å². The Morgan fingerprint density at radius 2 is 1.95 bits per heavy atom. The van der Waals surface area contributed by atoms with Crippen molar-refractivity contribution in [1.82, 2.24) is 4.90 Å². The summed E-state index contributed by atoms with van der Waals surface area (Å²) in [6.07, 6.45) is -1.00. The van der Waals surface area contributed by atoms with Crippen LogP contribution in [0.2, 0.25) is 0 Å².